The predicted octanol–water partition coefficient (Wildman–Crippen LogP) is 4.48. The van der Waals surface area contributed by atoms with E-state index in [-0.39, 0.29) is 25.0 Å². The molecule has 16 heteroatoms. The van der Waals surface area contributed by atoms with Gasteiger partial charge in [0.1, 0.15) is 12.4 Å². The van der Waals surface area contributed by atoms with Crippen LogP contribution in [0, 0.1) is 0 Å². The summed E-state index contributed by atoms with van der Waals surface area (Å²) in [7, 11) is 0. The summed E-state index contributed by atoms with van der Waals surface area (Å²) in [5.74, 6) is 0.266. The summed E-state index contributed by atoms with van der Waals surface area (Å²) in [5, 5.41) is 0. The standard InChI is InChI=1S/C45H77NO15/c1-2-3-4-5-6-7-8-9-42-10-12-43(13-11-42)61-41-40-60-39-38-59-37-36-58-35-34-57-33-32-56-31-30-55-29-28-54-27-26-53-25-24-52-23-22-51-21-20-50-19-18-49-17-16-46-44(47)14-15-45(46)48/h10-15H,2-9,16-41H2,1H3. The molecule has 2 rings (SSSR count). The zero-order valence-electron chi connectivity index (χ0n) is 37.1. The molecule has 0 fully saturated rings. The quantitative estimate of drug-likeness (QED) is 0.0667. The average Bonchev–Trinajstić information content (AvgIpc) is 3.59. The van der Waals surface area contributed by atoms with E-state index in [4.69, 9.17) is 61.6 Å². The van der Waals surface area contributed by atoms with E-state index in [9.17, 15) is 9.59 Å². The summed E-state index contributed by atoms with van der Waals surface area (Å²) in [6.45, 7) is 14.4. The minimum atomic E-state index is -0.307. The fraction of sp³-hybridized carbons (Fsp3) is 0.778. The first-order valence-electron chi connectivity index (χ1n) is 22.4. The topological polar surface area (TPSA) is 157 Å². The second-order valence-electron chi connectivity index (χ2n) is 13.9. The number of ether oxygens (including phenoxy) is 13. The highest BCUT2D eigenvalue weighted by atomic mass is 16.6. The van der Waals surface area contributed by atoms with E-state index in [1.54, 1.807) is 0 Å². The second kappa shape index (κ2) is 42.7. The van der Waals surface area contributed by atoms with E-state index in [2.05, 4.69) is 31.2 Å². The Morgan fingerprint density at radius 3 is 1.00 bits per heavy atom. The third-order valence-corrected chi connectivity index (χ3v) is 8.94. The Morgan fingerprint density at radius 1 is 0.361 bits per heavy atom. The predicted molar refractivity (Wildman–Crippen MR) is 229 cm³/mol. The third-order valence-electron chi connectivity index (χ3n) is 8.94. The van der Waals surface area contributed by atoms with Crippen LogP contribution in [0.15, 0.2) is 36.4 Å². The Balaban J connectivity index is 1.15. The van der Waals surface area contributed by atoms with Crippen molar-refractivity contribution in [2.24, 2.45) is 0 Å². The molecule has 1 heterocycles. The van der Waals surface area contributed by atoms with Crippen molar-refractivity contribution in [1.29, 1.82) is 0 Å². The molecular weight excluding hydrogens is 794 g/mol. The van der Waals surface area contributed by atoms with Gasteiger partial charge in [0.25, 0.3) is 11.8 Å². The molecule has 0 saturated heterocycles. The highest BCUT2D eigenvalue weighted by Gasteiger charge is 2.22. The Labute approximate surface area is 365 Å². The van der Waals surface area contributed by atoms with Crippen molar-refractivity contribution in [3.63, 3.8) is 0 Å². The molecule has 352 valence electrons. The molecule has 16 nitrogen and oxygen atoms in total. The third kappa shape index (κ3) is 34.6. The number of imide groups is 1. The Morgan fingerprint density at radius 2 is 0.656 bits per heavy atom. The number of nitrogens with zero attached hydrogens (tertiary/aromatic N) is 1. The van der Waals surface area contributed by atoms with Gasteiger partial charge in [-0.2, -0.15) is 0 Å². The van der Waals surface area contributed by atoms with Gasteiger partial charge in [-0.3, -0.25) is 14.5 Å². The number of benzene rings is 1. The second-order valence-corrected chi connectivity index (χ2v) is 13.9. The maximum atomic E-state index is 11.4. The minimum absolute atomic E-state index is 0.237. The highest BCUT2D eigenvalue weighted by molar-refractivity contribution is 6.12. The first kappa shape index (κ1) is 54.6. The lowest BCUT2D eigenvalue weighted by molar-refractivity contribution is -0.137. The van der Waals surface area contributed by atoms with Gasteiger partial charge in [-0.15, -0.1) is 0 Å². The van der Waals surface area contributed by atoms with Gasteiger partial charge in [0.05, 0.1) is 165 Å². The molecule has 1 aromatic rings. The van der Waals surface area contributed by atoms with Gasteiger partial charge < -0.3 is 61.6 Å². The van der Waals surface area contributed by atoms with Crippen LogP contribution in [0.1, 0.15) is 57.4 Å². The van der Waals surface area contributed by atoms with Crippen molar-refractivity contribution in [2.45, 2.75) is 58.3 Å². The summed E-state index contributed by atoms with van der Waals surface area (Å²) < 4.78 is 71.7. The summed E-state index contributed by atoms with van der Waals surface area (Å²) >= 11 is 0. The van der Waals surface area contributed by atoms with Crippen LogP contribution in [0.4, 0.5) is 0 Å². The van der Waals surface area contributed by atoms with Crippen LogP contribution in [0.2, 0.25) is 0 Å². The molecule has 2 amide bonds. The number of aryl methyl sites for hydroxylation is 1. The molecule has 0 unspecified atom stereocenters. The molecule has 0 radical (unpaired) electrons. The zero-order valence-corrected chi connectivity index (χ0v) is 37.1. The van der Waals surface area contributed by atoms with Crippen LogP contribution < -0.4 is 4.74 Å². The van der Waals surface area contributed by atoms with Gasteiger partial charge in [-0.05, 0) is 30.5 Å². The lowest BCUT2D eigenvalue weighted by Crippen LogP contribution is -2.33. The number of carbonyl (C=O) groups is 2. The molecule has 61 heavy (non-hydrogen) atoms. The number of hydrogen-bond acceptors (Lipinski definition) is 15. The largest absolute Gasteiger partial charge is 0.491 e. The molecule has 0 saturated carbocycles. The van der Waals surface area contributed by atoms with E-state index < -0.39 is 0 Å². The number of unbranched alkanes of at least 4 members (excludes halogenated alkanes) is 6. The fourth-order valence-electron chi connectivity index (χ4n) is 5.59. The van der Waals surface area contributed by atoms with Crippen LogP contribution in [0.25, 0.3) is 0 Å². The first-order chi connectivity index (χ1) is 30.2. The zero-order chi connectivity index (χ0) is 43.4. The number of carbonyl (C=O) groups excluding carboxylic acids is 2. The van der Waals surface area contributed by atoms with E-state index in [0.29, 0.717) is 159 Å². The van der Waals surface area contributed by atoms with E-state index in [0.717, 1.165) is 17.1 Å². The van der Waals surface area contributed by atoms with Crippen LogP contribution in [0.5, 0.6) is 5.75 Å². The van der Waals surface area contributed by atoms with Crippen LogP contribution in [0.3, 0.4) is 0 Å². The summed E-state index contributed by atoms with van der Waals surface area (Å²) in [6.07, 6.45) is 13.0. The summed E-state index contributed by atoms with van der Waals surface area (Å²) in [5.41, 5.74) is 1.37. The Kier molecular flexibility index (Phi) is 38.2. The Hall–Kier alpha value is -2.58. The molecule has 0 spiro atoms. The van der Waals surface area contributed by atoms with Crippen LogP contribution in [-0.4, -0.2) is 188 Å². The van der Waals surface area contributed by atoms with Gasteiger partial charge >= 0.3 is 0 Å². The first-order valence-corrected chi connectivity index (χ1v) is 22.4. The van der Waals surface area contributed by atoms with E-state index >= 15 is 0 Å². The maximum Gasteiger partial charge on any atom is 0.253 e. The van der Waals surface area contributed by atoms with Crippen molar-refractivity contribution in [3.05, 3.63) is 42.0 Å². The molecule has 0 aromatic heterocycles. The van der Waals surface area contributed by atoms with Crippen molar-refractivity contribution in [3.8, 4) is 5.75 Å². The smallest absolute Gasteiger partial charge is 0.253 e. The number of rotatable bonds is 48. The fourth-order valence-corrected chi connectivity index (χ4v) is 5.59. The lowest BCUT2D eigenvalue weighted by Gasteiger charge is -2.13. The SMILES string of the molecule is CCCCCCCCCc1ccc(OCCOCCOCCOCCOCCOCCOCCOCCOCCOCCOCCOCCOCCN2C(=O)C=CC2=O)cc1. The molecule has 0 N–H and O–H groups in total. The van der Waals surface area contributed by atoms with Crippen molar-refractivity contribution in [1.82, 2.24) is 4.90 Å². The normalized spacial score (nSPS) is 12.7. The van der Waals surface area contributed by atoms with Gasteiger partial charge in [0.15, 0.2) is 0 Å². The van der Waals surface area contributed by atoms with Crippen LogP contribution >= 0.6 is 0 Å². The molecular formula is C45H77NO15. The van der Waals surface area contributed by atoms with Gasteiger partial charge in [0.2, 0.25) is 0 Å². The van der Waals surface area contributed by atoms with E-state index in [1.807, 2.05) is 0 Å². The van der Waals surface area contributed by atoms with Crippen LogP contribution in [-0.2, 0) is 72.9 Å². The molecule has 1 aliphatic heterocycles. The number of hydrogen-bond donors (Lipinski definition) is 0. The van der Waals surface area contributed by atoms with Crippen molar-refractivity contribution in [2.75, 3.05) is 172 Å². The number of amides is 2. The highest BCUT2D eigenvalue weighted by Crippen LogP contribution is 2.15. The van der Waals surface area contributed by atoms with Gasteiger partial charge in [0, 0.05) is 12.2 Å². The minimum Gasteiger partial charge on any atom is -0.491 e. The summed E-state index contributed by atoms with van der Waals surface area (Å²) in [4.78, 5) is 24.0. The Bertz CT molecular complexity index is 1140. The molecule has 0 aliphatic carbocycles. The molecule has 0 bridgehead atoms. The van der Waals surface area contributed by atoms with Gasteiger partial charge in [-0.25, -0.2) is 0 Å². The average molecular weight is 872 g/mol. The molecule has 1 aliphatic rings. The van der Waals surface area contributed by atoms with Crippen molar-refractivity contribution >= 4 is 11.8 Å². The van der Waals surface area contributed by atoms with Gasteiger partial charge in [-0.1, -0.05) is 57.6 Å². The van der Waals surface area contributed by atoms with E-state index in [1.165, 1.54) is 62.7 Å². The molecule has 0 atom stereocenters. The monoisotopic (exact) mass is 872 g/mol. The van der Waals surface area contributed by atoms with Crippen molar-refractivity contribution < 1.29 is 71.2 Å². The molecule has 1 aromatic carbocycles. The maximum absolute atomic E-state index is 11.4. The lowest BCUT2D eigenvalue weighted by atomic mass is 10.0. The summed E-state index contributed by atoms with van der Waals surface area (Å²) in [6, 6.07) is 8.44.